The summed E-state index contributed by atoms with van der Waals surface area (Å²) in [7, 11) is 0. The topological polar surface area (TPSA) is 35.8 Å². The zero-order chi connectivity index (χ0) is 13.0. The van der Waals surface area contributed by atoms with Crippen LogP contribution in [0.25, 0.3) is 0 Å². The molecule has 1 N–H and O–H groups in total. The summed E-state index contributed by atoms with van der Waals surface area (Å²) in [5.41, 5.74) is 1.16. The van der Waals surface area contributed by atoms with Gasteiger partial charge in [-0.2, -0.15) is 5.26 Å². The maximum absolute atomic E-state index is 13.9. The first-order chi connectivity index (χ1) is 8.74. The fourth-order valence-electron chi connectivity index (χ4n) is 2.74. The Bertz CT molecular complexity index is 442. The first kappa shape index (κ1) is 13.0. The summed E-state index contributed by atoms with van der Waals surface area (Å²) in [4.78, 5) is 0. The molecule has 1 saturated carbocycles. The van der Waals surface area contributed by atoms with E-state index < -0.39 is 0 Å². The van der Waals surface area contributed by atoms with Gasteiger partial charge in [-0.05, 0) is 62.8 Å². The molecule has 95 valence electrons. The number of benzene rings is 1. The molecule has 0 bridgehead atoms. The van der Waals surface area contributed by atoms with Gasteiger partial charge in [-0.1, -0.05) is 6.07 Å². The van der Waals surface area contributed by atoms with E-state index in [-0.39, 0.29) is 5.82 Å². The van der Waals surface area contributed by atoms with Gasteiger partial charge in [-0.3, -0.25) is 0 Å². The van der Waals surface area contributed by atoms with Crippen LogP contribution in [0.5, 0.6) is 0 Å². The maximum atomic E-state index is 13.9. The molecule has 1 aliphatic rings. The van der Waals surface area contributed by atoms with E-state index in [2.05, 4.69) is 12.2 Å². The molecule has 0 heterocycles. The zero-order valence-corrected chi connectivity index (χ0v) is 10.5. The number of nitrogens with one attached hydrogen (secondary N) is 1. The Hall–Kier alpha value is -1.40. The van der Waals surface area contributed by atoms with Gasteiger partial charge in [0, 0.05) is 6.04 Å². The first-order valence-electron chi connectivity index (χ1n) is 6.46. The zero-order valence-electron chi connectivity index (χ0n) is 10.5. The van der Waals surface area contributed by atoms with Crippen LogP contribution in [0.15, 0.2) is 18.2 Å². The highest BCUT2D eigenvalue weighted by atomic mass is 19.1. The van der Waals surface area contributed by atoms with Crippen LogP contribution in [0.4, 0.5) is 4.39 Å². The lowest BCUT2D eigenvalue weighted by atomic mass is 9.81. The third-order valence-corrected chi connectivity index (χ3v) is 3.73. The van der Waals surface area contributed by atoms with Gasteiger partial charge in [0.1, 0.15) is 5.82 Å². The van der Waals surface area contributed by atoms with Crippen LogP contribution in [0.3, 0.4) is 0 Å². The number of nitrogens with zero attached hydrogens (tertiary/aromatic N) is 1. The molecule has 18 heavy (non-hydrogen) atoms. The Labute approximate surface area is 108 Å². The van der Waals surface area contributed by atoms with Crippen molar-refractivity contribution in [1.29, 1.82) is 5.26 Å². The number of hydrogen-bond acceptors (Lipinski definition) is 2. The van der Waals surface area contributed by atoms with Crippen molar-refractivity contribution in [2.45, 2.75) is 37.6 Å². The Kier molecular flexibility index (Phi) is 4.33. The van der Waals surface area contributed by atoms with Gasteiger partial charge in [0.25, 0.3) is 0 Å². The van der Waals surface area contributed by atoms with Gasteiger partial charge in [-0.15, -0.1) is 0 Å². The summed E-state index contributed by atoms with van der Waals surface area (Å²) in [6.45, 7) is 4.54. The van der Waals surface area contributed by atoms with Crippen LogP contribution in [-0.4, -0.2) is 12.6 Å². The van der Waals surface area contributed by atoms with E-state index >= 15 is 0 Å². The summed E-state index contributed by atoms with van der Waals surface area (Å²) in [5.74, 6) is 0.0585. The Morgan fingerprint density at radius 1 is 1.33 bits per heavy atom. The van der Waals surface area contributed by atoms with E-state index in [1.165, 1.54) is 6.07 Å². The fraction of sp³-hybridized carbons (Fsp3) is 0.467. The molecular formula is C15H18FN2. The highest BCUT2D eigenvalue weighted by Crippen LogP contribution is 2.34. The van der Waals surface area contributed by atoms with E-state index in [0.717, 1.165) is 37.8 Å². The molecule has 2 nitrogen and oxygen atoms in total. The van der Waals surface area contributed by atoms with Crippen molar-refractivity contribution < 1.29 is 4.39 Å². The van der Waals surface area contributed by atoms with Crippen LogP contribution < -0.4 is 5.32 Å². The average molecular weight is 245 g/mol. The SMILES string of the molecule is [CH2]CNC1CCC(c2ccc(C#N)cc2F)CC1. The van der Waals surface area contributed by atoms with Crippen LogP contribution in [0.1, 0.15) is 42.7 Å². The van der Waals surface area contributed by atoms with Crippen LogP contribution >= 0.6 is 0 Å². The molecule has 0 unspecified atom stereocenters. The van der Waals surface area contributed by atoms with Gasteiger partial charge in [0.2, 0.25) is 0 Å². The van der Waals surface area contributed by atoms with Crippen molar-refractivity contribution in [1.82, 2.24) is 5.32 Å². The Morgan fingerprint density at radius 2 is 2.06 bits per heavy atom. The second-order valence-corrected chi connectivity index (χ2v) is 4.85. The quantitative estimate of drug-likeness (QED) is 0.888. The normalized spacial score (nSPS) is 23.6. The number of hydrogen-bond donors (Lipinski definition) is 1. The minimum Gasteiger partial charge on any atom is -0.314 e. The summed E-state index contributed by atoms with van der Waals surface area (Å²) in [5, 5.41) is 12.1. The second kappa shape index (κ2) is 5.97. The molecule has 0 atom stereocenters. The Balaban J connectivity index is 2.04. The van der Waals surface area contributed by atoms with E-state index in [0.29, 0.717) is 17.5 Å². The average Bonchev–Trinajstić information content (AvgIpc) is 2.40. The molecule has 0 amide bonds. The molecule has 3 heteroatoms. The predicted molar refractivity (Wildman–Crippen MR) is 69.5 cm³/mol. The highest BCUT2D eigenvalue weighted by molar-refractivity contribution is 5.34. The molecule has 0 aromatic heterocycles. The fourth-order valence-corrected chi connectivity index (χ4v) is 2.74. The van der Waals surface area contributed by atoms with E-state index in [4.69, 9.17) is 5.26 Å². The lowest BCUT2D eigenvalue weighted by Crippen LogP contribution is -2.32. The maximum Gasteiger partial charge on any atom is 0.127 e. The largest absolute Gasteiger partial charge is 0.314 e. The molecule has 1 aromatic carbocycles. The highest BCUT2D eigenvalue weighted by Gasteiger charge is 2.23. The van der Waals surface area contributed by atoms with Crippen molar-refractivity contribution in [2.24, 2.45) is 0 Å². The van der Waals surface area contributed by atoms with Crippen molar-refractivity contribution in [3.05, 3.63) is 42.1 Å². The van der Waals surface area contributed by atoms with Gasteiger partial charge in [0.05, 0.1) is 11.6 Å². The van der Waals surface area contributed by atoms with E-state index in [1.807, 2.05) is 6.07 Å². The summed E-state index contributed by atoms with van der Waals surface area (Å²) >= 11 is 0. The standard InChI is InChI=1S/C15H18FN2/c1-2-18-13-6-4-12(5-7-13)14-8-3-11(10-17)9-15(14)16/h3,8-9,12-13,18H,1-2,4-7H2. The summed E-state index contributed by atoms with van der Waals surface area (Å²) in [6, 6.07) is 7.31. The van der Waals surface area contributed by atoms with Crippen LogP contribution in [0, 0.1) is 24.1 Å². The van der Waals surface area contributed by atoms with Crippen molar-refractivity contribution in [3.63, 3.8) is 0 Å². The minimum atomic E-state index is -0.234. The predicted octanol–water partition coefficient (Wildman–Crippen LogP) is 3.15. The molecular weight excluding hydrogens is 227 g/mol. The Morgan fingerprint density at radius 3 is 2.61 bits per heavy atom. The lowest BCUT2D eigenvalue weighted by molar-refractivity contribution is 0.346. The molecule has 1 radical (unpaired) electrons. The molecule has 2 rings (SSSR count). The lowest BCUT2D eigenvalue weighted by Gasteiger charge is -2.29. The molecule has 0 saturated heterocycles. The van der Waals surface area contributed by atoms with Gasteiger partial charge < -0.3 is 5.32 Å². The minimum absolute atomic E-state index is 0.234. The van der Waals surface area contributed by atoms with Gasteiger partial charge in [0.15, 0.2) is 0 Å². The molecule has 1 aromatic rings. The number of rotatable bonds is 3. The smallest absolute Gasteiger partial charge is 0.127 e. The van der Waals surface area contributed by atoms with Crippen LogP contribution in [0.2, 0.25) is 0 Å². The van der Waals surface area contributed by atoms with Crippen molar-refractivity contribution >= 4 is 0 Å². The van der Waals surface area contributed by atoms with Gasteiger partial charge in [-0.25, -0.2) is 4.39 Å². The molecule has 0 aliphatic heterocycles. The molecule has 1 aliphatic carbocycles. The van der Waals surface area contributed by atoms with Gasteiger partial charge >= 0.3 is 0 Å². The second-order valence-electron chi connectivity index (χ2n) is 4.85. The van der Waals surface area contributed by atoms with Crippen molar-refractivity contribution in [2.75, 3.05) is 6.54 Å². The summed E-state index contributed by atoms with van der Waals surface area (Å²) in [6.07, 6.45) is 4.14. The van der Waals surface area contributed by atoms with Crippen LogP contribution in [-0.2, 0) is 0 Å². The van der Waals surface area contributed by atoms with E-state index in [9.17, 15) is 4.39 Å². The summed E-state index contributed by atoms with van der Waals surface area (Å²) < 4.78 is 13.9. The first-order valence-corrected chi connectivity index (χ1v) is 6.46. The molecule has 1 fully saturated rings. The number of nitriles is 1. The monoisotopic (exact) mass is 245 g/mol. The molecule has 0 spiro atoms. The number of halogens is 1. The third kappa shape index (κ3) is 2.88. The van der Waals surface area contributed by atoms with Crippen molar-refractivity contribution in [3.8, 4) is 6.07 Å². The van der Waals surface area contributed by atoms with E-state index in [1.54, 1.807) is 12.1 Å². The third-order valence-electron chi connectivity index (χ3n) is 3.73.